The summed E-state index contributed by atoms with van der Waals surface area (Å²) >= 11 is 1.89. The monoisotopic (exact) mass is 338 g/mol. The highest BCUT2D eigenvalue weighted by atomic mass is 32.1. The van der Waals surface area contributed by atoms with Crippen LogP contribution in [0.15, 0.2) is 12.1 Å². The molecule has 1 aromatic heterocycles. The van der Waals surface area contributed by atoms with Crippen LogP contribution in [0.1, 0.15) is 63.1 Å². The van der Waals surface area contributed by atoms with E-state index in [0.29, 0.717) is 6.04 Å². The van der Waals surface area contributed by atoms with E-state index in [1.54, 1.807) is 0 Å². The third-order valence-electron chi connectivity index (χ3n) is 4.03. The van der Waals surface area contributed by atoms with Crippen molar-refractivity contribution < 1.29 is 9.53 Å². The Kier molecular flexibility index (Phi) is 6.48. The van der Waals surface area contributed by atoms with Crippen LogP contribution in [0, 0.1) is 0 Å². The van der Waals surface area contributed by atoms with E-state index in [1.165, 1.54) is 16.2 Å². The largest absolute Gasteiger partial charge is 0.444 e. The minimum atomic E-state index is -0.438. The van der Waals surface area contributed by atoms with E-state index in [0.717, 1.165) is 32.2 Å². The molecule has 23 heavy (non-hydrogen) atoms. The Morgan fingerprint density at radius 2 is 1.96 bits per heavy atom. The predicted octanol–water partition coefficient (Wildman–Crippen LogP) is 4.24. The second kappa shape index (κ2) is 8.15. The number of hydrogen-bond donors (Lipinski definition) is 2. The minimum absolute atomic E-state index is 0.214. The Hall–Kier alpha value is -1.07. The molecule has 1 amide bonds. The van der Waals surface area contributed by atoms with Crippen molar-refractivity contribution in [2.24, 2.45) is 0 Å². The zero-order valence-corrected chi connectivity index (χ0v) is 15.6. The van der Waals surface area contributed by atoms with Crippen molar-refractivity contribution in [3.05, 3.63) is 21.9 Å². The van der Waals surface area contributed by atoms with Crippen molar-refractivity contribution in [1.29, 1.82) is 0 Å². The lowest BCUT2D eigenvalue weighted by molar-refractivity contribution is 0.0488. The summed E-state index contributed by atoms with van der Waals surface area (Å²) in [5.74, 6) is 0. The Bertz CT molecular complexity index is 507. The van der Waals surface area contributed by atoms with Crippen molar-refractivity contribution in [2.45, 2.75) is 84.0 Å². The lowest BCUT2D eigenvalue weighted by atomic mass is 9.91. The van der Waals surface area contributed by atoms with E-state index in [1.807, 2.05) is 32.1 Å². The van der Waals surface area contributed by atoms with Gasteiger partial charge in [0.25, 0.3) is 0 Å². The molecule has 0 aliphatic heterocycles. The third-order valence-corrected chi connectivity index (χ3v) is 5.26. The maximum atomic E-state index is 11.9. The standard InChI is InChI=1S/C18H30N2O2S/c1-5-15-9-10-16(23-15)12-19-13-7-6-8-14(11-13)20-17(21)22-18(2,3)4/h9-10,13-14,19H,5-8,11-12H2,1-4H3,(H,20,21). The summed E-state index contributed by atoms with van der Waals surface area (Å²) in [6.45, 7) is 8.79. The molecule has 1 fully saturated rings. The second-order valence-corrected chi connectivity index (χ2v) is 8.56. The van der Waals surface area contributed by atoms with Crippen molar-refractivity contribution in [3.63, 3.8) is 0 Å². The molecular weight excluding hydrogens is 308 g/mol. The number of carbonyl (C=O) groups excluding carboxylic acids is 1. The van der Waals surface area contributed by atoms with Gasteiger partial charge in [0.05, 0.1) is 0 Å². The van der Waals surface area contributed by atoms with Gasteiger partial charge in [0, 0.05) is 28.4 Å². The Morgan fingerprint density at radius 1 is 1.26 bits per heavy atom. The molecule has 5 heteroatoms. The van der Waals surface area contributed by atoms with Crippen LogP contribution < -0.4 is 10.6 Å². The molecule has 0 radical (unpaired) electrons. The molecule has 1 heterocycles. The van der Waals surface area contributed by atoms with E-state index >= 15 is 0 Å². The summed E-state index contributed by atoms with van der Waals surface area (Å²) in [5.41, 5.74) is -0.438. The number of alkyl carbamates (subject to hydrolysis) is 1. The maximum Gasteiger partial charge on any atom is 0.407 e. The van der Waals surface area contributed by atoms with E-state index in [4.69, 9.17) is 4.74 Å². The summed E-state index contributed by atoms with van der Waals surface area (Å²) in [7, 11) is 0. The number of ether oxygens (including phenoxy) is 1. The van der Waals surface area contributed by atoms with Crippen molar-refractivity contribution in [2.75, 3.05) is 0 Å². The SMILES string of the molecule is CCc1ccc(CNC2CCCC(NC(=O)OC(C)(C)C)C2)s1. The Balaban J connectivity index is 1.75. The molecule has 0 spiro atoms. The van der Waals surface area contributed by atoms with E-state index in [9.17, 15) is 4.79 Å². The molecule has 4 nitrogen and oxygen atoms in total. The van der Waals surface area contributed by atoms with Crippen LogP contribution in [0.3, 0.4) is 0 Å². The average molecular weight is 339 g/mol. The van der Waals surface area contributed by atoms with Crippen molar-refractivity contribution in [3.8, 4) is 0 Å². The van der Waals surface area contributed by atoms with Gasteiger partial charge in [-0.15, -0.1) is 11.3 Å². The molecule has 1 aliphatic carbocycles. The van der Waals surface area contributed by atoms with Gasteiger partial charge in [-0.25, -0.2) is 4.79 Å². The smallest absolute Gasteiger partial charge is 0.407 e. The lowest BCUT2D eigenvalue weighted by Crippen LogP contribution is -2.45. The van der Waals surface area contributed by atoms with Gasteiger partial charge in [-0.3, -0.25) is 0 Å². The lowest BCUT2D eigenvalue weighted by Gasteiger charge is -2.31. The number of amides is 1. The summed E-state index contributed by atoms with van der Waals surface area (Å²) in [6.07, 6.45) is 5.15. The highest BCUT2D eigenvalue weighted by molar-refractivity contribution is 7.11. The fraction of sp³-hybridized carbons (Fsp3) is 0.722. The highest BCUT2D eigenvalue weighted by Gasteiger charge is 2.25. The normalized spacial score (nSPS) is 21.9. The fourth-order valence-corrected chi connectivity index (χ4v) is 3.84. The first kappa shape index (κ1) is 18.3. The number of carbonyl (C=O) groups is 1. The van der Waals surface area contributed by atoms with E-state index in [-0.39, 0.29) is 12.1 Å². The summed E-state index contributed by atoms with van der Waals surface area (Å²) in [6, 6.07) is 5.12. The first-order valence-electron chi connectivity index (χ1n) is 8.66. The molecule has 0 saturated heterocycles. The fourth-order valence-electron chi connectivity index (χ4n) is 2.93. The molecule has 2 N–H and O–H groups in total. The van der Waals surface area contributed by atoms with Crippen molar-refractivity contribution in [1.82, 2.24) is 10.6 Å². The number of rotatable bonds is 5. The topological polar surface area (TPSA) is 50.4 Å². The van der Waals surface area contributed by atoms with Gasteiger partial charge >= 0.3 is 6.09 Å². The molecule has 2 rings (SSSR count). The second-order valence-electron chi connectivity index (χ2n) is 7.31. The van der Waals surface area contributed by atoms with Crippen LogP contribution in [0.25, 0.3) is 0 Å². The summed E-state index contributed by atoms with van der Waals surface area (Å²) < 4.78 is 5.35. The van der Waals surface area contributed by atoms with E-state index < -0.39 is 5.60 Å². The van der Waals surface area contributed by atoms with Gasteiger partial charge in [-0.05, 0) is 65.0 Å². The molecule has 1 saturated carbocycles. The average Bonchev–Trinajstić information content (AvgIpc) is 2.91. The van der Waals surface area contributed by atoms with Crippen LogP contribution in [-0.4, -0.2) is 23.8 Å². The zero-order chi connectivity index (χ0) is 16.9. The number of hydrogen-bond acceptors (Lipinski definition) is 4. The van der Waals surface area contributed by atoms with Crippen molar-refractivity contribution >= 4 is 17.4 Å². The van der Waals surface area contributed by atoms with Gasteiger partial charge < -0.3 is 15.4 Å². The summed E-state index contributed by atoms with van der Waals surface area (Å²) in [5, 5.41) is 6.66. The quantitative estimate of drug-likeness (QED) is 0.844. The third kappa shape index (κ3) is 6.51. The van der Waals surface area contributed by atoms with E-state index in [2.05, 4.69) is 29.7 Å². The van der Waals surface area contributed by atoms with Gasteiger partial charge in [0.1, 0.15) is 5.60 Å². The molecule has 2 unspecified atom stereocenters. The van der Waals surface area contributed by atoms with Crippen LogP contribution in [0.5, 0.6) is 0 Å². The van der Waals surface area contributed by atoms with Crippen LogP contribution >= 0.6 is 11.3 Å². The molecule has 2 atom stereocenters. The zero-order valence-electron chi connectivity index (χ0n) is 14.8. The van der Waals surface area contributed by atoms with Gasteiger partial charge in [0.15, 0.2) is 0 Å². The van der Waals surface area contributed by atoms with Crippen LogP contribution in [0.4, 0.5) is 4.79 Å². The highest BCUT2D eigenvalue weighted by Crippen LogP contribution is 2.21. The van der Waals surface area contributed by atoms with Gasteiger partial charge in [0.2, 0.25) is 0 Å². The van der Waals surface area contributed by atoms with Crippen LogP contribution in [0.2, 0.25) is 0 Å². The molecule has 0 aromatic carbocycles. The molecule has 130 valence electrons. The minimum Gasteiger partial charge on any atom is -0.444 e. The van der Waals surface area contributed by atoms with Gasteiger partial charge in [-0.2, -0.15) is 0 Å². The number of aryl methyl sites for hydroxylation is 1. The van der Waals surface area contributed by atoms with Gasteiger partial charge in [-0.1, -0.05) is 6.92 Å². The van der Waals surface area contributed by atoms with Crippen LogP contribution in [-0.2, 0) is 17.7 Å². The molecular formula is C18H30N2O2S. The first-order chi connectivity index (χ1) is 10.9. The first-order valence-corrected chi connectivity index (χ1v) is 9.48. The number of nitrogens with one attached hydrogen (secondary N) is 2. The Morgan fingerprint density at radius 3 is 2.61 bits per heavy atom. The molecule has 1 aromatic rings. The Labute approximate surface area is 144 Å². The number of thiophene rings is 1. The summed E-state index contributed by atoms with van der Waals surface area (Å²) in [4.78, 5) is 14.7. The maximum absolute atomic E-state index is 11.9. The molecule has 0 bridgehead atoms. The molecule has 1 aliphatic rings. The predicted molar refractivity (Wildman–Crippen MR) is 96.0 cm³/mol.